The first kappa shape index (κ1) is 11.4. The van der Waals surface area contributed by atoms with Gasteiger partial charge in [0, 0.05) is 5.69 Å². The van der Waals surface area contributed by atoms with Crippen molar-refractivity contribution in [3.8, 4) is 6.07 Å². The van der Waals surface area contributed by atoms with Gasteiger partial charge in [0.1, 0.15) is 0 Å². The molecule has 0 amide bonds. The number of nitrogen functional groups attached to an aromatic ring is 1. The summed E-state index contributed by atoms with van der Waals surface area (Å²) in [6, 6.07) is 5.22. The van der Waals surface area contributed by atoms with E-state index in [2.05, 4.69) is 0 Å². The number of nitriles is 1. The maximum atomic E-state index is 12.6. The zero-order valence-electron chi connectivity index (χ0n) is 7.97. The van der Waals surface area contributed by atoms with Gasteiger partial charge in [-0.05, 0) is 24.6 Å². The first-order valence-electron chi connectivity index (χ1n) is 4.22. The van der Waals surface area contributed by atoms with Gasteiger partial charge in [-0.2, -0.15) is 18.4 Å². The van der Waals surface area contributed by atoms with Crippen LogP contribution in [0.5, 0.6) is 0 Å². The summed E-state index contributed by atoms with van der Waals surface area (Å²) in [5, 5.41) is 8.60. The molecule has 1 aromatic carbocycles. The topological polar surface area (TPSA) is 49.8 Å². The molecule has 0 aliphatic rings. The lowest BCUT2D eigenvalue weighted by Gasteiger charge is -2.14. The second-order valence-electron chi connectivity index (χ2n) is 3.20. The maximum absolute atomic E-state index is 12.6. The van der Waals surface area contributed by atoms with Gasteiger partial charge in [-0.15, -0.1) is 0 Å². The van der Waals surface area contributed by atoms with E-state index >= 15 is 0 Å². The van der Waals surface area contributed by atoms with Crippen molar-refractivity contribution in [2.75, 3.05) is 5.73 Å². The predicted octanol–water partition coefficient (Wildman–Crippen LogP) is 2.91. The predicted molar refractivity (Wildman–Crippen MR) is 49.9 cm³/mol. The van der Waals surface area contributed by atoms with E-state index in [1.54, 1.807) is 6.07 Å². The minimum absolute atomic E-state index is 0.0382. The highest BCUT2D eigenvalue weighted by Crippen LogP contribution is 2.36. The van der Waals surface area contributed by atoms with Gasteiger partial charge in [0.15, 0.2) is 0 Å². The van der Waals surface area contributed by atoms with E-state index < -0.39 is 17.7 Å². The summed E-state index contributed by atoms with van der Waals surface area (Å²) in [6.07, 6.45) is -4.48. The normalized spacial score (nSPS) is 13.3. The van der Waals surface area contributed by atoms with E-state index in [-0.39, 0.29) is 11.3 Å². The van der Waals surface area contributed by atoms with Gasteiger partial charge in [0.05, 0.1) is 17.6 Å². The molecule has 15 heavy (non-hydrogen) atoms. The molecule has 0 saturated carbocycles. The number of nitrogens with two attached hydrogens (primary N) is 1. The van der Waals surface area contributed by atoms with Gasteiger partial charge in [0.25, 0.3) is 0 Å². The summed E-state index contributed by atoms with van der Waals surface area (Å²) >= 11 is 0. The zero-order chi connectivity index (χ0) is 11.6. The third kappa shape index (κ3) is 2.40. The minimum Gasteiger partial charge on any atom is -0.399 e. The smallest absolute Gasteiger partial charge is 0.399 e. The van der Waals surface area contributed by atoms with E-state index in [4.69, 9.17) is 11.0 Å². The fourth-order valence-electron chi connectivity index (χ4n) is 1.27. The van der Waals surface area contributed by atoms with Crippen LogP contribution >= 0.6 is 0 Å². The summed E-state index contributed by atoms with van der Waals surface area (Å²) in [4.78, 5) is 0. The fourth-order valence-corrected chi connectivity index (χ4v) is 1.27. The van der Waals surface area contributed by atoms with Crippen molar-refractivity contribution in [2.24, 2.45) is 0 Å². The molecule has 0 aliphatic carbocycles. The summed E-state index contributed by atoms with van der Waals surface area (Å²) < 4.78 is 37.7. The van der Waals surface area contributed by atoms with Crippen LogP contribution in [-0.4, -0.2) is 0 Å². The second kappa shape index (κ2) is 3.81. The Morgan fingerprint density at radius 1 is 1.40 bits per heavy atom. The average Bonchev–Trinajstić information content (AvgIpc) is 2.15. The number of hydrogen-bond acceptors (Lipinski definition) is 2. The highest BCUT2D eigenvalue weighted by molar-refractivity contribution is 5.48. The van der Waals surface area contributed by atoms with Crippen LogP contribution in [-0.2, 0) is 6.18 Å². The van der Waals surface area contributed by atoms with Crippen LogP contribution in [0.2, 0.25) is 0 Å². The number of rotatable bonds is 1. The lowest BCUT2D eigenvalue weighted by Crippen LogP contribution is -2.11. The maximum Gasteiger partial charge on any atom is 0.416 e. The molecule has 0 aromatic heterocycles. The second-order valence-corrected chi connectivity index (χ2v) is 3.20. The van der Waals surface area contributed by atoms with E-state index in [1.165, 1.54) is 19.1 Å². The molecule has 80 valence electrons. The van der Waals surface area contributed by atoms with Crippen LogP contribution in [0, 0.1) is 11.3 Å². The van der Waals surface area contributed by atoms with E-state index in [0.717, 1.165) is 6.07 Å². The SMILES string of the molecule is CC(C#N)c1ccc(N)cc1C(F)(F)F. The molecule has 0 spiro atoms. The van der Waals surface area contributed by atoms with Gasteiger partial charge in [0.2, 0.25) is 0 Å². The van der Waals surface area contributed by atoms with Crippen LogP contribution < -0.4 is 5.73 Å². The molecule has 0 radical (unpaired) electrons. The van der Waals surface area contributed by atoms with Crippen molar-refractivity contribution in [3.05, 3.63) is 29.3 Å². The Bertz CT molecular complexity index is 404. The Balaban J connectivity index is 3.35. The molecule has 1 unspecified atom stereocenters. The molecular formula is C10H9F3N2. The summed E-state index contributed by atoms with van der Waals surface area (Å²) in [6.45, 7) is 1.42. The standard InChI is InChI=1S/C10H9F3N2/c1-6(5-14)8-3-2-7(15)4-9(8)10(11,12)13/h2-4,6H,15H2,1H3. The summed E-state index contributed by atoms with van der Waals surface area (Å²) in [7, 11) is 0. The van der Waals surface area contributed by atoms with Crippen molar-refractivity contribution in [2.45, 2.75) is 19.0 Å². The van der Waals surface area contributed by atoms with Crippen LogP contribution in [0.25, 0.3) is 0 Å². The van der Waals surface area contributed by atoms with Crippen molar-refractivity contribution < 1.29 is 13.2 Å². The highest BCUT2D eigenvalue weighted by Gasteiger charge is 2.34. The van der Waals surface area contributed by atoms with Gasteiger partial charge in [-0.1, -0.05) is 6.07 Å². The van der Waals surface area contributed by atoms with Crippen LogP contribution in [0.1, 0.15) is 24.0 Å². The van der Waals surface area contributed by atoms with Gasteiger partial charge >= 0.3 is 6.18 Å². The Hall–Kier alpha value is -1.70. The Morgan fingerprint density at radius 3 is 2.47 bits per heavy atom. The molecule has 0 saturated heterocycles. The Kier molecular flexibility index (Phi) is 2.89. The lowest BCUT2D eigenvalue weighted by molar-refractivity contribution is -0.138. The molecule has 0 bridgehead atoms. The zero-order valence-corrected chi connectivity index (χ0v) is 7.97. The van der Waals surface area contributed by atoms with Crippen molar-refractivity contribution in [1.82, 2.24) is 0 Å². The number of alkyl halides is 3. The number of halogens is 3. The van der Waals surface area contributed by atoms with Gasteiger partial charge in [-0.25, -0.2) is 0 Å². The molecule has 1 aromatic rings. The highest BCUT2D eigenvalue weighted by atomic mass is 19.4. The molecule has 2 N–H and O–H groups in total. The van der Waals surface area contributed by atoms with Crippen LogP contribution in [0.4, 0.5) is 18.9 Å². The third-order valence-corrected chi connectivity index (χ3v) is 2.04. The third-order valence-electron chi connectivity index (χ3n) is 2.04. The summed E-state index contributed by atoms with van der Waals surface area (Å²) in [5.74, 6) is -0.803. The number of anilines is 1. The van der Waals surface area contributed by atoms with Crippen LogP contribution in [0.3, 0.4) is 0 Å². The van der Waals surface area contributed by atoms with Crippen LogP contribution in [0.15, 0.2) is 18.2 Å². The summed E-state index contributed by atoms with van der Waals surface area (Å²) in [5.41, 5.74) is 4.44. The van der Waals surface area contributed by atoms with Gasteiger partial charge in [-0.3, -0.25) is 0 Å². The average molecular weight is 214 g/mol. The van der Waals surface area contributed by atoms with Gasteiger partial charge < -0.3 is 5.73 Å². The van der Waals surface area contributed by atoms with E-state index in [1.807, 2.05) is 0 Å². The van der Waals surface area contributed by atoms with Crippen molar-refractivity contribution in [1.29, 1.82) is 5.26 Å². The lowest BCUT2D eigenvalue weighted by atomic mass is 9.96. The quantitative estimate of drug-likeness (QED) is 0.730. The number of nitrogens with zero attached hydrogens (tertiary/aromatic N) is 1. The molecule has 1 atom stereocenters. The molecule has 0 heterocycles. The molecule has 1 rings (SSSR count). The first-order chi connectivity index (χ1) is 6.86. The van der Waals surface area contributed by atoms with E-state index in [9.17, 15) is 13.2 Å². The fraction of sp³-hybridized carbons (Fsp3) is 0.300. The molecular weight excluding hydrogens is 205 g/mol. The molecule has 0 aliphatic heterocycles. The first-order valence-corrected chi connectivity index (χ1v) is 4.22. The molecule has 2 nitrogen and oxygen atoms in total. The monoisotopic (exact) mass is 214 g/mol. The van der Waals surface area contributed by atoms with Crippen molar-refractivity contribution >= 4 is 5.69 Å². The number of benzene rings is 1. The van der Waals surface area contributed by atoms with Crippen molar-refractivity contribution in [3.63, 3.8) is 0 Å². The Morgan fingerprint density at radius 2 is 2.00 bits per heavy atom. The minimum atomic E-state index is -4.48. The molecule has 0 fully saturated rings. The Labute approximate surface area is 85.1 Å². The number of hydrogen-bond donors (Lipinski definition) is 1. The van der Waals surface area contributed by atoms with E-state index in [0.29, 0.717) is 0 Å². The largest absolute Gasteiger partial charge is 0.416 e. The molecule has 5 heteroatoms.